The lowest BCUT2D eigenvalue weighted by Crippen LogP contribution is -2.47. The summed E-state index contributed by atoms with van der Waals surface area (Å²) in [5.74, 6) is 1.70. The second-order valence-electron chi connectivity index (χ2n) is 6.77. The van der Waals surface area contributed by atoms with Gasteiger partial charge in [0.1, 0.15) is 0 Å². The molecule has 164 valence electrons. The first-order valence-corrected chi connectivity index (χ1v) is 9.98. The molecule has 0 amide bonds. The molecule has 1 aliphatic heterocycles. The summed E-state index contributed by atoms with van der Waals surface area (Å²) >= 11 is 6.10. The van der Waals surface area contributed by atoms with E-state index in [1.165, 1.54) is 5.69 Å². The molecule has 0 aromatic heterocycles. The normalized spacial score (nSPS) is 14.8. The molecule has 9 heteroatoms. The van der Waals surface area contributed by atoms with Crippen molar-refractivity contribution >= 4 is 52.9 Å². The molecule has 0 atom stereocenters. The predicted octanol–water partition coefficient (Wildman–Crippen LogP) is 3.52. The van der Waals surface area contributed by atoms with Gasteiger partial charge in [-0.25, -0.2) is 0 Å². The molecule has 1 saturated heterocycles. The number of methoxy groups -OCH3 is 2. The van der Waals surface area contributed by atoms with E-state index in [1.54, 1.807) is 14.2 Å². The summed E-state index contributed by atoms with van der Waals surface area (Å²) in [7, 11) is 3.21. The van der Waals surface area contributed by atoms with Crippen LogP contribution in [0.25, 0.3) is 0 Å². The molecule has 1 fully saturated rings. The van der Waals surface area contributed by atoms with E-state index in [-0.39, 0.29) is 24.0 Å². The van der Waals surface area contributed by atoms with Crippen LogP contribution in [0, 0.1) is 0 Å². The number of nitrogens with one attached hydrogen (secondary N) is 1. The Balaban J connectivity index is 0.00000320. The molecular weight excluding hydrogens is 517 g/mol. The summed E-state index contributed by atoms with van der Waals surface area (Å²) in [4.78, 5) is 9.20. The number of piperazine rings is 1. The molecule has 30 heavy (non-hydrogen) atoms. The van der Waals surface area contributed by atoms with Crippen molar-refractivity contribution in [2.24, 2.45) is 10.7 Å². The summed E-state index contributed by atoms with van der Waals surface area (Å²) in [5.41, 5.74) is 8.01. The molecular formula is C21H29ClIN5O2. The minimum absolute atomic E-state index is 0. The van der Waals surface area contributed by atoms with Crippen molar-refractivity contribution in [3.8, 4) is 11.5 Å². The van der Waals surface area contributed by atoms with Crippen molar-refractivity contribution in [1.29, 1.82) is 0 Å². The van der Waals surface area contributed by atoms with Crippen LogP contribution in [0.3, 0.4) is 0 Å². The van der Waals surface area contributed by atoms with Crippen molar-refractivity contribution in [3.63, 3.8) is 0 Å². The molecule has 7 nitrogen and oxygen atoms in total. The van der Waals surface area contributed by atoms with Crippen LogP contribution >= 0.6 is 35.6 Å². The summed E-state index contributed by atoms with van der Waals surface area (Å²) in [6, 6.07) is 13.5. The molecule has 0 saturated carbocycles. The Morgan fingerprint density at radius 1 is 1.07 bits per heavy atom. The molecule has 3 N–H and O–H groups in total. The van der Waals surface area contributed by atoms with Gasteiger partial charge < -0.3 is 25.4 Å². The van der Waals surface area contributed by atoms with E-state index in [0.29, 0.717) is 24.0 Å². The molecule has 0 radical (unpaired) electrons. The number of aliphatic imine (C=N–C) groups is 1. The quantitative estimate of drug-likeness (QED) is 0.315. The van der Waals surface area contributed by atoms with Gasteiger partial charge in [0.2, 0.25) is 0 Å². The van der Waals surface area contributed by atoms with Gasteiger partial charge in [0.25, 0.3) is 0 Å². The zero-order chi connectivity index (χ0) is 20.6. The van der Waals surface area contributed by atoms with Gasteiger partial charge in [-0.3, -0.25) is 9.89 Å². The molecule has 3 rings (SSSR count). The maximum atomic E-state index is 6.10. The fourth-order valence-corrected chi connectivity index (χ4v) is 3.50. The van der Waals surface area contributed by atoms with Gasteiger partial charge in [-0.05, 0) is 30.3 Å². The van der Waals surface area contributed by atoms with Gasteiger partial charge in [0.05, 0.1) is 20.8 Å². The topological polar surface area (TPSA) is 75.4 Å². The van der Waals surface area contributed by atoms with Gasteiger partial charge in [-0.15, -0.1) is 24.0 Å². The van der Waals surface area contributed by atoms with Crippen LogP contribution in [0.4, 0.5) is 11.4 Å². The molecule has 0 aliphatic carbocycles. The van der Waals surface area contributed by atoms with Crippen LogP contribution in [0.1, 0.15) is 0 Å². The predicted molar refractivity (Wildman–Crippen MR) is 135 cm³/mol. The molecule has 0 bridgehead atoms. The largest absolute Gasteiger partial charge is 0.493 e. The lowest BCUT2D eigenvalue weighted by molar-refractivity contribution is 0.265. The maximum absolute atomic E-state index is 6.10. The van der Waals surface area contributed by atoms with Crippen LogP contribution in [0.15, 0.2) is 47.5 Å². The average molecular weight is 546 g/mol. The van der Waals surface area contributed by atoms with E-state index in [2.05, 4.69) is 26.2 Å². The highest BCUT2D eigenvalue weighted by atomic mass is 127. The highest BCUT2D eigenvalue weighted by Gasteiger charge is 2.16. The van der Waals surface area contributed by atoms with Crippen molar-refractivity contribution in [2.45, 2.75) is 0 Å². The lowest BCUT2D eigenvalue weighted by Gasteiger charge is -2.35. The Bertz CT molecular complexity index is 844. The van der Waals surface area contributed by atoms with Gasteiger partial charge in [0.15, 0.2) is 17.5 Å². The fraction of sp³-hybridized carbons (Fsp3) is 0.381. The van der Waals surface area contributed by atoms with Crippen LogP contribution in [0.2, 0.25) is 5.02 Å². The van der Waals surface area contributed by atoms with Crippen molar-refractivity contribution in [2.75, 3.05) is 63.7 Å². The first-order chi connectivity index (χ1) is 14.1. The number of hydrogen-bond acceptors (Lipinski definition) is 5. The molecule has 0 unspecified atom stereocenters. The Morgan fingerprint density at radius 3 is 2.47 bits per heavy atom. The zero-order valence-corrected chi connectivity index (χ0v) is 20.4. The number of benzene rings is 2. The van der Waals surface area contributed by atoms with Crippen LogP contribution in [-0.2, 0) is 0 Å². The molecule has 2 aromatic rings. The SMILES string of the molecule is COc1ccc(NC(N)=NCCN2CCN(c3cccc(Cl)c3)CC2)cc1OC.I. The monoisotopic (exact) mass is 545 g/mol. The zero-order valence-electron chi connectivity index (χ0n) is 17.3. The minimum atomic E-state index is 0. The molecule has 1 heterocycles. The van der Waals surface area contributed by atoms with E-state index in [4.69, 9.17) is 26.8 Å². The standard InChI is InChI=1S/C21H28ClN5O2.HI/c1-28-19-7-6-17(15-20(19)29-2)25-21(23)24-8-9-26-10-12-27(13-11-26)18-5-3-4-16(22)14-18;/h3-7,14-15H,8-13H2,1-2H3,(H3,23,24,25);1H. The lowest BCUT2D eigenvalue weighted by atomic mass is 10.2. The minimum Gasteiger partial charge on any atom is -0.493 e. The number of anilines is 2. The number of nitrogens with two attached hydrogens (primary N) is 1. The van der Waals surface area contributed by atoms with Crippen molar-refractivity contribution < 1.29 is 9.47 Å². The van der Waals surface area contributed by atoms with Crippen molar-refractivity contribution in [3.05, 3.63) is 47.5 Å². The fourth-order valence-electron chi connectivity index (χ4n) is 3.32. The van der Waals surface area contributed by atoms with E-state index in [9.17, 15) is 0 Å². The third-order valence-corrected chi connectivity index (χ3v) is 5.14. The number of rotatable bonds is 7. The number of nitrogens with zero attached hydrogens (tertiary/aromatic N) is 3. The first kappa shape index (κ1) is 24.4. The highest BCUT2D eigenvalue weighted by Crippen LogP contribution is 2.29. The Labute approximate surface area is 200 Å². The molecule has 1 aliphatic rings. The van der Waals surface area contributed by atoms with E-state index in [0.717, 1.165) is 43.4 Å². The number of halogens is 2. The van der Waals surface area contributed by atoms with Gasteiger partial charge in [0, 0.05) is 55.2 Å². The van der Waals surface area contributed by atoms with Gasteiger partial charge in [-0.1, -0.05) is 17.7 Å². The third-order valence-electron chi connectivity index (χ3n) is 4.90. The van der Waals surface area contributed by atoms with E-state index in [1.807, 2.05) is 36.4 Å². The number of hydrogen-bond donors (Lipinski definition) is 2. The second kappa shape index (κ2) is 12.1. The third kappa shape index (κ3) is 6.82. The summed E-state index contributed by atoms with van der Waals surface area (Å²) in [6.45, 7) is 5.45. The summed E-state index contributed by atoms with van der Waals surface area (Å²) in [5, 5.41) is 3.87. The van der Waals surface area contributed by atoms with Crippen LogP contribution in [-0.4, -0.2) is 64.3 Å². The second-order valence-corrected chi connectivity index (χ2v) is 7.21. The number of guanidine groups is 1. The molecule has 0 spiro atoms. The van der Waals surface area contributed by atoms with E-state index >= 15 is 0 Å². The number of ether oxygens (including phenoxy) is 2. The van der Waals surface area contributed by atoms with Gasteiger partial charge >= 0.3 is 0 Å². The summed E-state index contributed by atoms with van der Waals surface area (Å²) in [6.07, 6.45) is 0. The van der Waals surface area contributed by atoms with Gasteiger partial charge in [-0.2, -0.15) is 0 Å². The summed E-state index contributed by atoms with van der Waals surface area (Å²) < 4.78 is 10.5. The average Bonchev–Trinajstić information content (AvgIpc) is 2.74. The Hall–Kier alpha value is -1.91. The van der Waals surface area contributed by atoms with Crippen molar-refractivity contribution in [1.82, 2.24) is 4.90 Å². The van der Waals surface area contributed by atoms with Crippen LogP contribution in [0.5, 0.6) is 11.5 Å². The Morgan fingerprint density at radius 2 is 1.80 bits per heavy atom. The Kier molecular flexibility index (Phi) is 9.80. The molecule has 2 aromatic carbocycles. The first-order valence-electron chi connectivity index (χ1n) is 9.61. The van der Waals surface area contributed by atoms with Crippen LogP contribution < -0.4 is 25.4 Å². The smallest absolute Gasteiger partial charge is 0.193 e. The maximum Gasteiger partial charge on any atom is 0.193 e. The van der Waals surface area contributed by atoms with E-state index < -0.39 is 0 Å². The highest BCUT2D eigenvalue weighted by molar-refractivity contribution is 14.0.